The second kappa shape index (κ2) is 21.2. The molecule has 11 N–H and O–H groups in total. The predicted molar refractivity (Wildman–Crippen MR) is 192 cm³/mol. The zero-order valence-electron chi connectivity index (χ0n) is 32.0. The molecule has 0 bridgehead atoms. The smallest absolute Gasteiger partial charge is 0.326 e. The summed E-state index contributed by atoms with van der Waals surface area (Å²) in [4.78, 5) is 50.1. The average Bonchev–Trinajstić information content (AvgIpc) is 3.43. The van der Waals surface area contributed by atoms with Crippen LogP contribution in [0.25, 0.3) is 0 Å². The Labute approximate surface area is 325 Å². The SMILES string of the molecule is CC(=O)N[C@@H]1[C@H](O[C@@H]2O[C@H](CC(O)C3O[C@@H](N4CCC(=O)NC4=O)[C@H](O)[C@@H]3O)[C@H](O)[C@H](O)[C@H]2NC(=O)/C=C\CCCCCCCC(C)C)O[C@@H](CO)[C@H](O)[C@H]1O. The van der Waals surface area contributed by atoms with Crippen LogP contribution >= 0.6 is 0 Å². The third-order valence-corrected chi connectivity index (χ3v) is 10.5. The van der Waals surface area contributed by atoms with Gasteiger partial charge in [-0.2, -0.15) is 0 Å². The summed E-state index contributed by atoms with van der Waals surface area (Å²) >= 11 is 0. The lowest BCUT2D eigenvalue weighted by atomic mass is 9.91. The third-order valence-electron chi connectivity index (χ3n) is 10.5. The van der Waals surface area contributed by atoms with Crippen molar-refractivity contribution in [3.05, 3.63) is 12.2 Å². The van der Waals surface area contributed by atoms with Crippen LogP contribution in [0.15, 0.2) is 12.2 Å². The highest BCUT2D eigenvalue weighted by atomic mass is 16.8. The maximum Gasteiger partial charge on any atom is 0.326 e. The highest BCUT2D eigenvalue weighted by Gasteiger charge is 2.54. The number of carbonyl (C=O) groups is 4. The predicted octanol–water partition coefficient (Wildman–Crippen LogP) is -3.04. The number of nitrogens with one attached hydrogen (secondary N) is 3. The molecule has 2 unspecified atom stereocenters. The van der Waals surface area contributed by atoms with Crippen molar-refractivity contribution in [3.63, 3.8) is 0 Å². The van der Waals surface area contributed by atoms with Gasteiger partial charge in [0.05, 0.1) is 18.8 Å². The number of ether oxygens (including phenoxy) is 4. The normalized spacial score (nSPS) is 37.2. The van der Waals surface area contributed by atoms with Gasteiger partial charge in [-0.05, 0) is 24.8 Å². The van der Waals surface area contributed by atoms with E-state index in [-0.39, 0.29) is 13.0 Å². The van der Waals surface area contributed by atoms with Gasteiger partial charge in [0.2, 0.25) is 17.7 Å². The highest BCUT2D eigenvalue weighted by Crippen LogP contribution is 2.33. The van der Waals surface area contributed by atoms with Gasteiger partial charge in [-0.3, -0.25) is 24.6 Å². The van der Waals surface area contributed by atoms with Gasteiger partial charge in [0.25, 0.3) is 0 Å². The highest BCUT2D eigenvalue weighted by molar-refractivity contribution is 5.96. The molecule has 0 radical (unpaired) electrons. The minimum Gasteiger partial charge on any atom is -0.394 e. The van der Waals surface area contributed by atoms with E-state index in [1.807, 2.05) is 0 Å². The van der Waals surface area contributed by atoms with E-state index >= 15 is 0 Å². The molecular formula is C36H60N4O16. The molecule has 0 aromatic heterocycles. The van der Waals surface area contributed by atoms with Crippen molar-refractivity contribution in [1.29, 1.82) is 0 Å². The standard InChI is InChI=1S/C36H60N4O16/c1-17(2)11-9-7-5-4-6-8-10-12-22(44)38-25-29(49)26(46)20(53-35(25)56-34-24(37-18(3)42)28(48)27(47)21(16-41)54-34)15-19(43)32-30(50)31(51)33(55-32)40-14-13-23(45)39-36(40)52/h10,12,17,19-21,24-35,41,43,46-51H,4-9,11,13-16H2,1-3H3,(H,37,42)(H,38,44)(H,39,45,52)/b12-10-/t19?,20-,21+,24+,25-,26+,27+,28+,29-,30+,31-,32?,33-,34+,35+/m1/s1. The molecule has 4 rings (SSSR count). The molecule has 0 aromatic rings. The van der Waals surface area contributed by atoms with E-state index in [0.717, 1.165) is 43.9 Å². The fraction of sp³-hybridized carbons (Fsp3) is 0.833. The Bertz CT molecular complexity index is 1340. The first-order valence-corrected chi connectivity index (χ1v) is 19.4. The first-order valence-electron chi connectivity index (χ1n) is 19.4. The number of nitrogens with zero attached hydrogens (tertiary/aromatic N) is 1. The molecule has 20 heteroatoms. The van der Waals surface area contributed by atoms with Gasteiger partial charge in [-0.1, -0.05) is 52.0 Å². The zero-order valence-corrected chi connectivity index (χ0v) is 32.0. The van der Waals surface area contributed by atoms with E-state index in [9.17, 15) is 60.0 Å². The van der Waals surface area contributed by atoms with Crippen LogP contribution in [0, 0.1) is 5.92 Å². The Balaban J connectivity index is 1.48. The molecule has 5 amide bonds. The minimum absolute atomic E-state index is 0.0995. The van der Waals surface area contributed by atoms with Gasteiger partial charge in [0.1, 0.15) is 60.9 Å². The summed E-state index contributed by atoms with van der Waals surface area (Å²) in [5.74, 6) is -1.23. The summed E-state index contributed by atoms with van der Waals surface area (Å²) in [7, 11) is 0. The van der Waals surface area contributed by atoms with Gasteiger partial charge in [0, 0.05) is 26.3 Å². The molecule has 20 nitrogen and oxygen atoms in total. The van der Waals surface area contributed by atoms with Crippen molar-refractivity contribution in [2.24, 2.45) is 5.92 Å². The number of rotatable bonds is 18. The van der Waals surface area contributed by atoms with Crippen molar-refractivity contribution in [3.8, 4) is 0 Å². The number of urea groups is 1. The lowest BCUT2D eigenvalue weighted by molar-refractivity contribution is -0.346. The summed E-state index contributed by atoms with van der Waals surface area (Å²) in [6.07, 6.45) is -12.3. The number of carbonyl (C=O) groups excluding carboxylic acids is 4. The average molecular weight is 805 g/mol. The van der Waals surface area contributed by atoms with E-state index in [0.29, 0.717) is 12.3 Å². The second-order valence-electron chi connectivity index (χ2n) is 15.3. The summed E-state index contributed by atoms with van der Waals surface area (Å²) in [6.45, 7) is 4.59. The van der Waals surface area contributed by atoms with Crippen LogP contribution in [0.3, 0.4) is 0 Å². The fourth-order valence-electron chi connectivity index (χ4n) is 7.32. The summed E-state index contributed by atoms with van der Waals surface area (Å²) in [5, 5.41) is 93.4. The molecule has 0 spiro atoms. The molecular weight excluding hydrogens is 744 g/mol. The molecule has 15 atom stereocenters. The summed E-state index contributed by atoms with van der Waals surface area (Å²) in [6, 6.07) is -3.86. The molecule has 320 valence electrons. The van der Waals surface area contributed by atoms with E-state index in [2.05, 4.69) is 29.8 Å². The van der Waals surface area contributed by atoms with Crippen LogP contribution in [-0.4, -0.2) is 175 Å². The van der Waals surface area contributed by atoms with Crippen LogP contribution in [0.1, 0.15) is 78.6 Å². The molecule has 4 saturated heterocycles. The number of aliphatic hydroxyl groups is 8. The van der Waals surface area contributed by atoms with E-state index < -0.39 is 129 Å². The maximum absolute atomic E-state index is 13.1. The first kappa shape index (κ1) is 45.8. The van der Waals surface area contributed by atoms with Crippen molar-refractivity contribution >= 4 is 23.8 Å². The molecule has 56 heavy (non-hydrogen) atoms. The molecule has 0 aromatic carbocycles. The van der Waals surface area contributed by atoms with E-state index in [4.69, 9.17) is 18.9 Å². The number of allylic oxidation sites excluding steroid dienone is 1. The lowest BCUT2D eigenvalue weighted by Crippen LogP contribution is -2.68. The van der Waals surface area contributed by atoms with Crippen molar-refractivity contribution < 1.29 is 79.0 Å². The fourth-order valence-corrected chi connectivity index (χ4v) is 7.32. The van der Waals surface area contributed by atoms with Crippen molar-refractivity contribution in [1.82, 2.24) is 20.9 Å². The molecule has 4 fully saturated rings. The van der Waals surface area contributed by atoms with Crippen LogP contribution in [-0.2, 0) is 33.3 Å². The minimum atomic E-state index is -1.84. The largest absolute Gasteiger partial charge is 0.394 e. The zero-order chi connectivity index (χ0) is 41.3. The number of aliphatic hydroxyl groups excluding tert-OH is 8. The maximum atomic E-state index is 13.1. The quantitative estimate of drug-likeness (QED) is 0.0485. The van der Waals surface area contributed by atoms with Gasteiger partial charge >= 0.3 is 6.03 Å². The topological polar surface area (TPSA) is 306 Å². The molecule has 0 saturated carbocycles. The number of hydrogen-bond acceptors (Lipinski definition) is 16. The van der Waals surface area contributed by atoms with Gasteiger partial charge < -0.3 is 70.4 Å². The Kier molecular flexibility index (Phi) is 17.4. The summed E-state index contributed by atoms with van der Waals surface area (Å²) in [5.41, 5.74) is 0. The third kappa shape index (κ3) is 11.9. The van der Waals surface area contributed by atoms with Crippen LogP contribution in [0.4, 0.5) is 4.79 Å². The lowest BCUT2D eigenvalue weighted by Gasteiger charge is -2.47. The van der Waals surface area contributed by atoms with Gasteiger partial charge in [-0.15, -0.1) is 0 Å². The van der Waals surface area contributed by atoms with Gasteiger partial charge in [0.15, 0.2) is 18.8 Å². The number of hydrogen-bond donors (Lipinski definition) is 11. The summed E-state index contributed by atoms with van der Waals surface area (Å²) < 4.78 is 23.3. The van der Waals surface area contributed by atoms with E-state index in [1.165, 1.54) is 12.5 Å². The van der Waals surface area contributed by atoms with E-state index in [1.54, 1.807) is 6.08 Å². The molecule has 4 aliphatic rings. The van der Waals surface area contributed by atoms with Crippen LogP contribution in [0.2, 0.25) is 0 Å². The molecule has 4 aliphatic heterocycles. The Morgan fingerprint density at radius 1 is 0.857 bits per heavy atom. The first-order chi connectivity index (χ1) is 26.5. The molecule has 4 heterocycles. The van der Waals surface area contributed by atoms with Crippen molar-refractivity contribution in [2.45, 2.75) is 170 Å². The van der Waals surface area contributed by atoms with Crippen LogP contribution in [0.5, 0.6) is 0 Å². The molecule has 0 aliphatic carbocycles. The number of amides is 5. The monoisotopic (exact) mass is 804 g/mol. The van der Waals surface area contributed by atoms with Crippen LogP contribution < -0.4 is 16.0 Å². The van der Waals surface area contributed by atoms with Gasteiger partial charge in [-0.25, -0.2) is 4.79 Å². The number of imide groups is 1. The van der Waals surface area contributed by atoms with Crippen molar-refractivity contribution in [2.75, 3.05) is 13.2 Å². The number of unbranched alkanes of at least 4 members (excludes halogenated alkanes) is 5. The second-order valence-corrected chi connectivity index (χ2v) is 15.3. The Hall–Kier alpha value is -2.86. The Morgan fingerprint density at radius 3 is 2.09 bits per heavy atom. The Morgan fingerprint density at radius 2 is 1.46 bits per heavy atom.